The maximum absolute atomic E-state index is 11.9. The van der Waals surface area contributed by atoms with Gasteiger partial charge >= 0.3 is 6.09 Å². The molecule has 7 heteroatoms. The van der Waals surface area contributed by atoms with Crippen LogP contribution in [0, 0.1) is 0 Å². The van der Waals surface area contributed by atoms with Crippen LogP contribution in [0.1, 0.15) is 26.3 Å². The van der Waals surface area contributed by atoms with Crippen LogP contribution in [0.25, 0.3) is 0 Å². The molecule has 0 fully saturated rings. The van der Waals surface area contributed by atoms with Gasteiger partial charge in [-0.1, -0.05) is 45.0 Å². The monoisotopic (exact) mass is 418 g/mol. The molecule has 0 aliphatic carbocycles. The summed E-state index contributed by atoms with van der Waals surface area (Å²) < 4.78 is 6.21. The lowest BCUT2D eigenvalue weighted by molar-refractivity contribution is 0.204. The predicted octanol–water partition coefficient (Wildman–Crippen LogP) is 6.15. The molecule has 1 aromatic carbocycles. The number of amides is 1. The van der Waals surface area contributed by atoms with Crippen molar-refractivity contribution in [3.05, 3.63) is 54.2 Å². The van der Waals surface area contributed by atoms with Crippen LogP contribution in [-0.4, -0.2) is 36.9 Å². The SMILES string of the molecule is CC(C)(C)[Si](C)(C)OCCSCc1cccnc1N(C(=O)O)c1ccccc1. The molecule has 1 aromatic heterocycles. The average molecular weight is 419 g/mol. The molecule has 0 unspecified atom stereocenters. The number of carbonyl (C=O) groups is 1. The van der Waals surface area contributed by atoms with E-state index in [0.717, 1.165) is 11.3 Å². The molecule has 0 radical (unpaired) electrons. The summed E-state index contributed by atoms with van der Waals surface area (Å²) in [7, 11) is -1.73. The number of rotatable bonds is 8. The molecule has 0 bridgehead atoms. The Hall–Kier alpha value is -1.83. The Balaban J connectivity index is 2.03. The Morgan fingerprint density at radius 3 is 2.46 bits per heavy atom. The second-order valence-electron chi connectivity index (χ2n) is 8.10. The quantitative estimate of drug-likeness (QED) is 0.411. The van der Waals surface area contributed by atoms with E-state index in [0.29, 0.717) is 23.9 Å². The van der Waals surface area contributed by atoms with Crippen molar-refractivity contribution >= 4 is 37.7 Å². The lowest BCUT2D eigenvalue weighted by Crippen LogP contribution is -2.41. The van der Waals surface area contributed by atoms with Crippen molar-refractivity contribution < 1.29 is 14.3 Å². The van der Waals surface area contributed by atoms with E-state index < -0.39 is 14.4 Å². The minimum atomic E-state index is -1.73. The largest absolute Gasteiger partial charge is 0.464 e. The topological polar surface area (TPSA) is 62.7 Å². The Kier molecular flexibility index (Phi) is 7.68. The van der Waals surface area contributed by atoms with E-state index in [1.54, 1.807) is 30.1 Å². The van der Waals surface area contributed by atoms with E-state index in [1.807, 2.05) is 30.3 Å². The molecule has 152 valence electrons. The van der Waals surface area contributed by atoms with Crippen molar-refractivity contribution in [3.8, 4) is 0 Å². The highest BCUT2D eigenvalue weighted by molar-refractivity contribution is 7.98. The third-order valence-electron chi connectivity index (χ3n) is 5.04. The van der Waals surface area contributed by atoms with Crippen LogP contribution in [0.3, 0.4) is 0 Å². The van der Waals surface area contributed by atoms with Gasteiger partial charge < -0.3 is 9.53 Å². The zero-order valence-corrected chi connectivity index (χ0v) is 19.1. The average Bonchev–Trinajstić information content (AvgIpc) is 2.62. The minimum Gasteiger partial charge on any atom is -0.464 e. The maximum Gasteiger partial charge on any atom is 0.417 e. The molecule has 2 rings (SSSR count). The second kappa shape index (κ2) is 9.58. The number of thioether (sulfide) groups is 1. The predicted molar refractivity (Wildman–Crippen MR) is 120 cm³/mol. The van der Waals surface area contributed by atoms with Crippen molar-refractivity contribution in [1.29, 1.82) is 0 Å². The molecular formula is C21H30N2O3SSi. The number of benzene rings is 1. The minimum absolute atomic E-state index is 0.200. The first kappa shape index (κ1) is 22.5. The van der Waals surface area contributed by atoms with Gasteiger partial charge in [-0.05, 0) is 36.3 Å². The number of para-hydroxylation sites is 1. The first-order valence-electron chi connectivity index (χ1n) is 9.37. The van der Waals surface area contributed by atoms with Crippen LogP contribution in [0.4, 0.5) is 16.3 Å². The highest BCUT2D eigenvalue weighted by Crippen LogP contribution is 2.36. The number of pyridine rings is 1. The van der Waals surface area contributed by atoms with E-state index in [2.05, 4.69) is 38.8 Å². The van der Waals surface area contributed by atoms with Crippen LogP contribution in [0.2, 0.25) is 18.1 Å². The first-order chi connectivity index (χ1) is 13.1. The summed E-state index contributed by atoms with van der Waals surface area (Å²) in [6.45, 7) is 11.9. The fourth-order valence-electron chi connectivity index (χ4n) is 2.40. The summed E-state index contributed by atoms with van der Waals surface area (Å²) >= 11 is 1.73. The van der Waals surface area contributed by atoms with Gasteiger partial charge in [0.1, 0.15) is 5.82 Å². The van der Waals surface area contributed by atoms with E-state index in [4.69, 9.17) is 4.43 Å². The lowest BCUT2D eigenvalue weighted by Gasteiger charge is -2.36. The van der Waals surface area contributed by atoms with Gasteiger partial charge in [0.2, 0.25) is 0 Å². The molecule has 5 nitrogen and oxygen atoms in total. The molecule has 0 spiro atoms. The summed E-state index contributed by atoms with van der Waals surface area (Å²) in [5.74, 6) is 2.00. The summed E-state index contributed by atoms with van der Waals surface area (Å²) in [5.41, 5.74) is 1.48. The van der Waals surface area contributed by atoms with Gasteiger partial charge in [0.25, 0.3) is 0 Å². The Bertz CT molecular complexity index is 779. The zero-order valence-electron chi connectivity index (χ0n) is 17.3. The Labute approximate surface area is 173 Å². The second-order valence-corrected chi connectivity index (χ2v) is 14.0. The van der Waals surface area contributed by atoms with Gasteiger partial charge in [-0.25, -0.2) is 14.7 Å². The number of aromatic nitrogens is 1. The van der Waals surface area contributed by atoms with E-state index in [9.17, 15) is 9.90 Å². The normalized spacial score (nSPS) is 12.0. The first-order valence-corrected chi connectivity index (χ1v) is 13.4. The number of anilines is 2. The maximum atomic E-state index is 11.9. The number of hydrogen-bond donors (Lipinski definition) is 1. The van der Waals surface area contributed by atoms with Crippen LogP contribution in [0.15, 0.2) is 48.7 Å². The van der Waals surface area contributed by atoms with E-state index in [1.165, 1.54) is 4.90 Å². The summed E-state index contributed by atoms with van der Waals surface area (Å²) in [6.07, 6.45) is 0.584. The van der Waals surface area contributed by atoms with Crippen molar-refractivity contribution in [2.24, 2.45) is 0 Å². The smallest absolute Gasteiger partial charge is 0.417 e. The van der Waals surface area contributed by atoms with Gasteiger partial charge in [-0.15, -0.1) is 0 Å². The molecule has 1 N–H and O–H groups in total. The molecule has 0 saturated heterocycles. The lowest BCUT2D eigenvalue weighted by atomic mass is 10.2. The molecule has 0 saturated carbocycles. The molecule has 0 aliphatic rings. The van der Waals surface area contributed by atoms with Gasteiger partial charge in [-0.3, -0.25) is 0 Å². The standard InChI is InChI=1S/C21H30N2O3SSi/c1-21(2,3)28(4,5)26-14-15-27-16-17-10-9-13-22-19(17)23(20(24)25)18-11-7-6-8-12-18/h6-13H,14-16H2,1-5H3,(H,24,25). The third kappa shape index (κ3) is 5.83. The van der Waals surface area contributed by atoms with Crippen molar-refractivity contribution in [2.45, 2.75) is 44.7 Å². The molecule has 0 aliphatic heterocycles. The van der Waals surface area contributed by atoms with Gasteiger partial charge in [0.15, 0.2) is 8.32 Å². The fourth-order valence-corrected chi connectivity index (χ4v) is 4.38. The van der Waals surface area contributed by atoms with Crippen LogP contribution >= 0.6 is 11.8 Å². The molecular weight excluding hydrogens is 388 g/mol. The highest BCUT2D eigenvalue weighted by atomic mass is 32.2. The summed E-state index contributed by atoms with van der Waals surface area (Å²) in [5, 5.41) is 9.94. The van der Waals surface area contributed by atoms with Gasteiger partial charge in [0.05, 0.1) is 5.69 Å². The van der Waals surface area contributed by atoms with Gasteiger partial charge in [0, 0.05) is 29.9 Å². The molecule has 1 heterocycles. The number of carboxylic acid groups (broad SMARTS) is 1. The molecule has 2 aromatic rings. The van der Waals surface area contributed by atoms with Gasteiger partial charge in [-0.2, -0.15) is 11.8 Å². The number of nitrogens with zero attached hydrogens (tertiary/aromatic N) is 2. The van der Waals surface area contributed by atoms with Crippen LogP contribution in [-0.2, 0) is 10.2 Å². The third-order valence-corrected chi connectivity index (χ3v) is 10.5. The number of hydrogen-bond acceptors (Lipinski definition) is 4. The molecule has 28 heavy (non-hydrogen) atoms. The zero-order chi connectivity index (χ0) is 20.8. The fraction of sp³-hybridized carbons (Fsp3) is 0.429. The summed E-state index contributed by atoms with van der Waals surface area (Å²) in [6, 6.07) is 12.8. The van der Waals surface area contributed by atoms with Crippen LogP contribution in [0.5, 0.6) is 0 Å². The van der Waals surface area contributed by atoms with Crippen molar-refractivity contribution in [2.75, 3.05) is 17.3 Å². The summed E-state index contributed by atoms with van der Waals surface area (Å²) in [4.78, 5) is 17.5. The van der Waals surface area contributed by atoms with E-state index >= 15 is 0 Å². The van der Waals surface area contributed by atoms with Crippen molar-refractivity contribution in [3.63, 3.8) is 0 Å². The molecule has 0 atom stereocenters. The van der Waals surface area contributed by atoms with E-state index in [-0.39, 0.29) is 5.04 Å². The molecule has 1 amide bonds. The van der Waals surface area contributed by atoms with Crippen molar-refractivity contribution in [1.82, 2.24) is 4.98 Å². The Morgan fingerprint density at radius 2 is 1.86 bits per heavy atom. The Morgan fingerprint density at radius 1 is 1.18 bits per heavy atom. The van der Waals surface area contributed by atoms with Crippen LogP contribution < -0.4 is 4.90 Å². The highest BCUT2D eigenvalue weighted by Gasteiger charge is 2.36.